The van der Waals surface area contributed by atoms with Gasteiger partial charge in [-0.3, -0.25) is 0 Å². The molecular formula is C16H20N2O3. The minimum Gasteiger partial charge on any atom is -0.444 e. The highest BCUT2D eigenvalue weighted by Crippen LogP contribution is 2.35. The number of nitrogens with one attached hydrogen (secondary N) is 2. The average Bonchev–Trinajstić information content (AvgIpc) is 2.77. The fourth-order valence-electron chi connectivity index (χ4n) is 2.85. The quantitative estimate of drug-likeness (QED) is 0.755. The number of amides is 1. The number of ether oxygens (including phenoxy) is 1. The van der Waals surface area contributed by atoms with Crippen molar-refractivity contribution in [1.29, 1.82) is 0 Å². The molecule has 0 fully saturated rings. The highest BCUT2D eigenvalue weighted by molar-refractivity contribution is 5.88. The van der Waals surface area contributed by atoms with Gasteiger partial charge in [0.25, 0.3) is 0 Å². The van der Waals surface area contributed by atoms with Crippen molar-refractivity contribution in [3.05, 3.63) is 35.5 Å². The van der Waals surface area contributed by atoms with Gasteiger partial charge in [-0.15, -0.1) is 0 Å². The fourth-order valence-corrected chi connectivity index (χ4v) is 2.85. The van der Waals surface area contributed by atoms with Gasteiger partial charge < -0.3 is 20.1 Å². The van der Waals surface area contributed by atoms with Crippen LogP contribution in [-0.4, -0.2) is 27.8 Å². The predicted molar refractivity (Wildman–Crippen MR) is 80.1 cm³/mol. The van der Waals surface area contributed by atoms with E-state index in [0.717, 1.165) is 22.0 Å². The molecule has 0 bridgehead atoms. The van der Waals surface area contributed by atoms with E-state index in [1.807, 2.05) is 45.2 Å². The monoisotopic (exact) mass is 288 g/mol. The van der Waals surface area contributed by atoms with E-state index in [1.54, 1.807) is 0 Å². The fraction of sp³-hybridized carbons (Fsp3) is 0.438. The first-order valence-corrected chi connectivity index (χ1v) is 7.11. The average molecular weight is 288 g/mol. The van der Waals surface area contributed by atoms with Gasteiger partial charge >= 0.3 is 6.09 Å². The summed E-state index contributed by atoms with van der Waals surface area (Å²) in [5.74, 6) is 0. The van der Waals surface area contributed by atoms with E-state index in [1.165, 1.54) is 0 Å². The minimum atomic E-state index is -0.732. The molecule has 0 saturated heterocycles. The SMILES string of the molecule is CC(C)(C)OC(=O)NC1Cc2c[nH]c3cccc(c23)C1O. The van der Waals surface area contributed by atoms with Gasteiger partial charge in [-0.25, -0.2) is 4.79 Å². The first-order valence-electron chi connectivity index (χ1n) is 7.11. The molecule has 112 valence electrons. The maximum atomic E-state index is 11.9. The van der Waals surface area contributed by atoms with Crippen LogP contribution in [0.4, 0.5) is 4.79 Å². The highest BCUT2D eigenvalue weighted by atomic mass is 16.6. The molecule has 1 amide bonds. The van der Waals surface area contributed by atoms with Crippen LogP contribution in [0, 0.1) is 0 Å². The first kappa shape index (κ1) is 13.9. The van der Waals surface area contributed by atoms with Crippen LogP contribution in [0.5, 0.6) is 0 Å². The van der Waals surface area contributed by atoms with Crippen molar-refractivity contribution >= 4 is 17.0 Å². The summed E-state index contributed by atoms with van der Waals surface area (Å²) in [4.78, 5) is 15.1. The smallest absolute Gasteiger partial charge is 0.407 e. The van der Waals surface area contributed by atoms with Crippen molar-refractivity contribution < 1.29 is 14.6 Å². The second kappa shape index (κ2) is 4.77. The van der Waals surface area contributed by atoms with Crippen LogP contribution in [0.25, 0.3) is 10.9 Å². The van der Waals surface area contributed by atoms with E-state index in [-0.39, 0.29) is 6.04 Å². The number of alkyl carbamates (subject to hydrolysis) is 1. The van der Waals surface area contributed by atoms with Crippen molar-refractivity contribution in [3.63, 3.8) is 0 Å². The number of aromatic nitrogens is 1. The van der Waals surface area contributed by atoms with E-state index in [2.05, 4.69) is 10.3 Å². The lowest BCUT2D eigenvalue weighted by molar-refractivity contribution is 0.0419. The molecular weight excluding hydrogens is 268 g/mol. The third kappa shape index (κ3) is 2.61. The second-order valence-corrected chi connectivity index (χ2v) is 6.49. The van der Waals surface area contributed by atoms with Crippen molar-refractivity contribution in [2.75, 3.05) is 0 Å². The van der Waals surface area contributed by atoms with E-state index >= 15 is 0 Å². The summed E-state index contributed by atoms with van der Waals surface area (Å²) in [6.07, 6.45) is 1.28. The highest BCUT2D eigenvalue weighted by Gasteiger charge is 2.32. The van der Waals surface area contributed by atoms with Crippen LogP contribution in [0.15, 0.2) is 24.4 Å². The lowest BCUT2D eigenvalue weighted by Crippen LogP contribution is -2.44. The molecule has 5 nitrogen and oxygen atoms in total. The van der Waals surface area contributed by atoms with Gasteiger partial charge in [0.05, 0.1) is 6.04 Å². The third-order valence-corrected chi connectivity index (χ3v) is 3.66. The molecule has 0 saturated carbocycles. The molecule has 0 spiro atoms. The molecule has 5 heteroatoms. The molecule has 1 aliphatic rings. The Morgan fingerprint density at radius 1 is 1.43 bits per heavy atom. The molecule has 2 unspecified atom stereocenters. The van der Waals surface area contributed by atoms with Crippen LogP contribution in [-0.2, 0) is 11.2 Å². The Labute approximate surface area is 123 Å². The van der Waals surface area contributed by atoms with Crippen LogP contribution < -0.4 is 5.32 Å². The molecule has 0 radical (unpaired) electrons. The molecule has 2 atom stereocenters. The molecule has 3 N–H and O–H groups in total. The molecule has 1 aromatic carbocycles. The van der Waals surface area contributed by atoms with Crippen LogP contribution in [0.1, 0.15) is 38.0 Å². The Morgan fingerprint density at radius 2 is 2.19 bits per heavy atom. The van der Waals surface area contributed by atoms with Gasteiger partial charge in [-0.1, -0.05) is 12.1 Å². The number of hydrogen-bond donors (Lipinski definition) is 3. The number of aliphatic hydroxyl groups is 1. The summed E-state index contributed by atoms with van der Waals surface area (Å²) in [6.45, 7) is 5.44. The zero-order valence-corrected chi connectivity index (χ0v) is 12.4. The number of benzene rings is 1. The number of aliphatic hydroxyl groups excluding tert-OH is 1. The van der Waals surface area contributed by atoms with Crippen LogP contribution in [0.2, 0.25) is 0 Å². The Kier molecular flexibility index (Phi) is 3.17. The van der Waals surface area contributed by atoms with Gasteiger partial charge in [0, 0.05) is 17.1 Å². The number of aromatic amines is 1. The van der Waals surface area contributed by atoms with Crippen molar-refractivity contribution in [2.24, 2.45) is 0 Å². The largest absolute Gasteiger partial charge is 0.444 e. The van der Waals surface area contributed by atoms with E-state index in [4.69, 9.17) is 4.74 Å². The van der Waals surface area contributed by atoms with E-state index in [0.29, 0.717) is 6.42 Å². The third-order valence-electron chi connectivity index (χ3n) is 3.66. The number of carbonyl (C=O) groups is 1. The van der Waals surface area contributed by atoms with Gasteiger partial charge in [0.2, 0.25) is 0 Å². The van der Waals surface area contributed by atoms with Crippen molar-refractivity contribution in [3.8, 4) is 0 Å². The zero-order valence-electron chi connectivity index (χ0n) is 12.4. The number of carbonyl (C=O) groups excluding carboxylic acids is 1. The van der Waals surface area contributed by atoms with Crippen molar-refractivity contribution in [1.82, 2.24) is 10.3 Å². The standard InChI is InChI=1S/C16H20N2O3/c1-16(2,3)21-15(20)18-12-7-9-8-17-11-6-4-5-10(13(9)11)14(12)19/h4-6,8,12,14,17,19H,7H2,1-3H3,(H,18,20). The Morgan fingerprint density at radius 3 is 2.90 bits per heavy atom. The molecule has 1 aliphatic carbocycles. The molecule has 0 aliphatic heterocycles. The van der Waals surface area contributed by atoms with E-state index in [9.17, 15) is 9.90 Å². The molecule has 3 rings (SSSR count). The van der Waals surface area contributed by atoms with Gasteiger partial charge in [-0.05, 0) is 44.4 Å². The zero-order chi connectivity index (χ0) is 15.2. The summed E-state index contributed by atoms with van der Waals surface area (Å²) in [6, 6.07) is 5.40. The number of H-pyrrole nitrogens is 1. The summed E-state index contributed by atoms with van der Waals surface area (Å²) >= 11 is 0. The maximum Gasteiger partial charge on any atom is 0.407 e. The second-order valence-electron chi connectivity index (χ2n) is 6.49. The van der Waals surface area contributed by atoms with E-state index < -0.39 is 17.8 Å². The lowest BCUT2D eigenvalue weighted by atomic mass is 9.87. The summed E-state index contributed by atoms with van der Waals surface area (Å²) < 4.78 is 5.26. The number of rotatable bonds is 1. The predicted octanol–water partition coefficient (Wildman–Crippen LogP) is 2.65. The Hall–Kier alpha value is -2.01. The van der Waals surface area contributed by atoms with Crippen LogP contribution >= 0.6 is 0 Å². The van der Waals surface area contributed by atoms with Gasteiger partial charge in [0.1, 0.15) is 11.7 Å². The Bertz CT molecular complexity index is 684. The summed E-state index contributed by atoms with van der Waals surface area (Å²) in [7, 11) is 0. The first-order chi connectivity index (χ1) is 9.85. The minimum absolute atomic E-state index is 0.381. The van der Waals surface area contributed by atoms with Gasteiger partial charge in [-0.2, -0.15) is 0 Å². The molecule has 1 aromatic heterocycles. The molecule has 2 aromatic rings. The normalized spacial score (nSPS) is 21.3. The molecule has 21 heavy (non-hydrogen) atoms. The van der Waals surface area contributed by atoms with Gasteiger partial charge in [0.15, 0.2) is 0 Å². The maximum absolute atomic E-state index is 11.9. The summed E-state index contributed by atoms with van der Waals surface area (Å²) in [5.41, 5.74) is 2.41. The van der Waals surface area contributed by atoms with Crippen LogP contribution in [0.3, 0.4) is 0 Å². The number of hydrogen-bond acceptors (Lipinski definition) is 3. The topological polar surface area (TPSA) is 74.3 Å². The lowest BCUT2D eigenvalue weighted by Gasteiger charge is -2.30. The molecule has 1 heterocycles. The van der Waals surface area contributed by atoms with Crippen molar-refractivity contribution in [2.45, 2.75) is 44.9 Å². The summed E-state index contributed by atoms with van der Waals surface area (Å²) in [5, 5.41) is 14.3. The Balaban J connectivity index is 1.83.